The summed E-state index contributed by atoms with van der Waals surface area (Å²) in [5.74, 6) is 0.0371. The number of halogens is 1. The first-order valence-electron chi connectivity index (χ1n) is 11.1. The van der Waals surface area contributed by atoms with Crippen molar-refractivity contribution in [2.45, 2.75) is 19.9 Å². The summed E-state index contributed by atoms with van der Waals surface area (Å²) in [7, 11) is 0. The van der Waals surface area contributed by atoms with Crippen LogP contribution in [0.4, 0.5) is 21.3 Å². The molecule has 35 heavy (non-hydrogen) atoms. The zero-order valence-electron chi connectivity index (χ0n) is 19.2. The van der Waals surface area contributed by atoms with E-state index in [4.69, 9.17) is 4.74 Å². The van der Waals surface area contributed by atoms with Gasteiger partial charge in [-0.05, 0) is 26.0 Å². The molecular weight excluding hydrogens is 471 g/mol. The SMILES string of the molecule is CC(C)NC(=O)c1ncc(Nc2ncc(F)c(-c3ccc4nc(N5CCOCC5)ncc4c3)n2)s1. The predicted molar refractivity (Wildman–Crippen MR) is 132 cm³/mol. The molecule has 0 radical (unpaired) electrons. The first-order valence-corrected chi connectivity index (χ1v) is 11.9. The molecule has 0 saturated carbocycles. The minimum absolute atomic E-state index is 0.00380. The Morgan fingerprint density at radius 3 is 2.74 bits per heavy atom. The van der Waals surface area contributed by atoms with Crippen LogP contribution >= 0.6 is 11.3 Å². The number of hydrogen-bond donors (Lipinski definition) is 2. The molecule has 12 heteroatoms. The summed E-state index contributed by atoms with van der Waals surface area (Å²) in [5.41, 5.74) is 1.48. The van der Waals surface area contributed by atoms with Gasteiger partial charge in [-0.15, -0.1) is 0 Å². The van der Waals surface area contributed by atoms with E-state index >= 15 is 0 Å². The lowest BCUT2D eigenvalue weighted by Gasteiger charge is -2.26. The van der Waals surface area contributed by atoms with Crippen molar-refractivity contribution >= 4 is 45.0 Å². The molecule has 4 aromatic rings. The van der Waals surface area contributed by atoms with Crippen molar-refractivity contribution in [1.82, 2.24) is 30.2 Å². The Bertz CT molecular complexity index is 1370. The van der Waals surface area contributed by atoms with Gasteiger partial charge in [0.2, 0.25) is 11.9 Å². The van der Waals surface area contributed by atoms with Crippen LogP contribution < -0.4 is 15.5 Å². The molecule has 1 saturated heterocycles. The predicted octanol–water partition coefficient (Wildman–Crippen LogP) is 3.40. The second-order valence-electron chi connectivity index (χ2n) is 8.22. The fourth-order valence-corrected chi connectivity index (χ4v) is 4.30. The third kappa shape index (κ3) is 5.17. The molecule has 1 amide bonds. The van der Waals surface area contributed by atoms with E-state index in [1.165, 1.54) is 6.20 Å². The van der Waals surface area contributed by atoms with E-state index < -0.39 is 5.82 Å². The topological polar surface area (TPSA) is 118 Å². The molecule has 0 spiro atoms. The lowest BCUT2D eigenvalue weighted by Crippen LogP contribution is -2.37. The number of carbonyl (C=O) groups is 1. The fraction of sp³-hybridized carbons (Fsp3) is 0.304. The highest BCUT2D eigenvalue weighted by Crippen LogP contribution is 2.27. The van der Waals surface area contributed by atoms with Gasteiger partial charge in [0.1, 0.15) is 10.7 Å². The van der Waals surface area contributed by atoms with E-state index in [0.29, 0.717) is 34.7 Å². The standard InChI is InChI=1S/C23H23FN8O2S/c1-13(2)28-20(33)21-25-12-18(35-21)30-22-26-11-16(24)19(31-22)14-3-4-17-15(9-14)10-27-23(29-17)32-5-7-34-8-6-32/h3-4,9-13H,5-8H2,1-2H3,(H,28,33)(H,26,30,31). The summed E-state index contributed by atoms with van der Waals surface area (Å²) in [6.45, 7) is 6.54. The summed E-state index contributed by atoms with van der Waals surface area (Å²) in [6, 6.07) is 5.40. The van der Waals surface area contributed by atoms with E-state index in [1.54, 1.807) is 18.3 Å². The van der Waals surface area contributed by atoms with Gasteiger partial charge in [-0.25, -0.2) is 29.3 Å². The molecule has 1 aliphatic heterocycles. The van der Waals surface area contributed by atoms with Crippen molar-refractivity contribution in [3.63, 3.8) is 0 Å². The summed E-state index contributed by atoms with van der Waals surface area (Å²) in [6.07, 6.45) is 4.36. The molecule has 4 heterocycles. The molecular formula is C23H23FN8O2S. The Labute approximate surface area is 204 Å². The minimum Gasteiger partial charge on any atom is -0.378 e. The smallest absolute Gasteiger partial charge is 0.280 e. The maximum Gasteiger partial charge on any atom is 0.280 e. The highest BCUT2D eigenvalue weighted by atomic mass is 32.1. The van der Waals surface area contributed by atoms with Crippen molar-refractivity contribution < 1.29 is 13.9 Å². The molecule has 1 aliphatic rings. The van der Waals surface area contributed by atoms with Gasteiger partial charge < -0.3 is 20.3 Å². The number of anilines is 3. The van der Waals surface area contributed by atoms with E-state index in [0.717, 1.165) is 41.5 Å². The number of amides is 1. The summed E-state index contributed by atoms with van der Waals surface area (Å²) in [4.78, 5) is 35.8. The largest absolute Gasteiger partial charge is 0.378 e. The Hall–Kier alpha value is -3.77. The Kier molecular flexibility index (Phi) is 6.47. The maximum atomic E-state index is 14.7. The van der Waals surface area contributed by atoms with Crippen LogP contribution in [0.1, 0.15) is 23.6 Å². The molecule has 180 valence electrons. The highest BCUT2D eigenvalue weighted by molar-refractivity contribution is 7.17. The molecule has 2 N–H and O–H groups in total. The van der Waals surface area contributed by atoms with Gasteiger partial charge in [0, 0.05) is 36.3 Å². The molecule has 5 rings (SSSR count). The van der Waals surface area contributed by atoms with Gasteiger partial charge in [0.15, 0.2) is 10.8 Å². The number of rotatable bonds is 6. The molecule has 1 aromatic carbocycles. The van der Waals surface area contributed by atoms with Crippen molar-refractivity contribution in [2.75, 3.05) is 36.5 Å². The van der Waals surface area contributed by atoms with Crippen LogP contribution in [0.3, 0.4) is 0 Å². The lowest BCUT2D eigenvalue weighted by atomic mass is 10.1. The van der Waals surface area contributed by atoms with Crippen molar-refractivity contribution in [3.8, 4) is 11.3 Å². The monoisotopic (exact) mass is 494 g/mol. The van der Waals surface area contributed by atoms with E-state index in [-0.39, 0.29) is 23.6 Å². The number of morpholine rings is 1. The maximum absolute atomic E-state index is 14.7. The van der Waals surface area contributed by atoms with Gasteiger partial charge in [-0.2, -0.15) is 0 Å². The van der Waals surface area contributed by atoms with Crippen molar-refractivity contribution in [2.24, 2.45) is 0 Å². The average molecular weight is 495 g/mol. The Morgan fingerprint density at radius 2 is 1.94 bits per heavy atom. The van der Waals surface area contributed by atoms with Gasteiger partial charge in [0.05, 0.1) is 31.1 Å². The number of ether oxygens (including phenoxy) is 1. The molecule has 0 aliphatic carbocycles. The summed E-state index contributed by atoms with van der Waals surface area (Å²) in [5, 5.41) is 7.45. The van der Waals surface area contributed by atoms with Gasteiger partial charge in [-0.1, -0.05) is 17.4 Å². The number of fused-ring (bicyclic) bond motifs is 1. The van der Waals surface area contributed by atoms with Crippen molar-refractivity contribution in [3.05, 3.63) is 47.6 Å². The third-order valence-electron chi connectivity index (χ3n) is 5.23. The van der Waals surface area contributed by atoms with E-state index in [9.17, 15) is 9.18 Å². The lowest BCUT2D eigenvalue weighted by molar-refractivity contribution is 0.0942. The van der Waals surface area contributed by atoms with Gasteiger partial charge in [0.25, 0.3) is 5.91 Å². The zero-order chi connectivity index (χ0) is 24.4. The molecule has 0 unspecified atom stereocenters. The zero-order valence-corrected chi connectivity index (χ0v) is 20.0. The minimum atomic E-state index is -0.554. The van der Waals surface area contributed by atoms with Crippen molar-refractivity contribution in [1.29, 1.82) is 0 Å². The molecule has 0 atom stereocenters. The second kappa shape index (κ2) is 9.84. The Morgan fingerprint density at radius 1 is 1.11 bits per heavy atom. The molecule has 10 nitrogen and oxygen atoms in total. The number of benzene rings is 1. The number of nitrogens with zero attached hydrogens (tertiary/aromatic N) is 6. The number of aromatic nitrogens is 5. The van der Waals surface area contributed by atoms with E-state index in [2.05, 4.69) is 40.5 Å². The number of carbonyl (C=O) groups excluding carboxylic acids is 1. The third-order valence-corrected chi connectivity index (χ3v) is 6.14. The average Bonchev–Trinajstić information content (AvgIpc) is 3.33. The Balaban J connectivity index is 1.37. The molecule has 0 bridgehead atoms. The molecule has 1 fully saturated rings. The van der Waals surface area contributed by atoms with Crippen LogP contribution in [0.2, 0.25) is 0 Å². The van der Waals surface area contributed by atoms with E-state index in [1.807, 2.05) is 19.9 Å². The van der Waals surface area contributed by atoms with Crippen LogP contribution in [-0.4, -0.2) is 63.2 Å². The highest BCUT2D eigenvalue weighted by Gasteiger charge is 2.16. The van der Waals surface area contributed by atoms with Crippen LogP contribution in [0.25, 0.3) is 22.2 Å². The number of nitrogens with one attached hydrogen (secondary N) is 2. The first kappa shape index (κ1) is 23.0. The normalized spacial score (nSPS) is 13.9. The second-order valence-corrected chi connectivity index (χ2v) is 9.25. The first-order chi connectivity index (χ1) is 17.0. The summed E-state index contributed by atoms with van der Waals surface area (Å²) < 4.78 is 20.1. The van der Waals surface area contributed by atoms with Crippen LogP contribution in [-0.2, 0) is 4.74 Å². The van der Waals surface area contributed by atoms with Crippen LogP contribution in [0, 0.1) is 5.82 Å². The molecule has 3 aromatic heterocycles. The summed E-state index contributed by atoms with van der Waals surface area (Å²) >= 11 is 1.16. The quantitative estimate of drug-likeness (QED) is 0.416. The van der Waals surface area contributed by atoms with Crippen LogP contribution in [0.15, 0.2) is 36.8 Å². The number of hydrogen-bond acceptors (Lipinski definition) is 10. The van der Waals surface area contributed by atoms with Gasteiger partial charge in [-0.3, -0.25) is 4.79 Å². The number of thiazole rings is 1. The van der Waals surface area contributed by atoms with Gasteiger partial charge >= 0.3 is 0 Å². The fourth-order valence-electron chi connectivity index (χ4n) is 3.59. The van der Waals surface area contributed by atoms with Crippen LogP contribution in [0.5, 0.6) is 0 Å².